The minimum absolute atomic E-state index is 0.234. The second kappa shape index (κ2) is 2.37. The van der Waals surface area contributed by atoms with Crippen LogP contribution in [0.4, 0.5) is 0 Å². The van der Waals surface area contributed by atoms with Crippen molar-refractivity contribution in [1.82, 2.24) is 9.97 Å². The van der Waals surface area contributed by atoms with Crippen LogP contribution in [0.1, 0.15) is 0 Å². The highest BCUT2D eigenvalue weighted by Gasteiger charge is 2.03. The molecule has 0 fully saturated rings. The summed E-state index contributed by atoms with van der Waals surface area (Å²) in [7, 11) is 0. The fourth-order valence-electron chi connectivity index (χ4n) is 0.965. The molecule has 0 aromatic carbocycles. The molecule has 0 unspecified atom stereocenters. The number of hydrogen-bond donors (Lipinski definition) is 2. The van der Waals surface area contributed by atoms with Gasteiger partial charge in [-0.3, -0.25) is 0 Å². The van der Waals surface area contributed by atoms with Crippen LogP contribution in [-0.2, 0) is 0 Å². The summed E-state index contributed by atoms with van der Waals surface area (Å²) in [6.45, 7) is 0. The largest absolute Gasteiger partial charge is 0.505 e. The summed E-state index contributed by atoms with van der Waals surface area (Å²) < 4.78 is 0.842. The lowest BCUT2D eigenvalue weighted by atomic mass is 10.3. The summed E-state index contributed by atoms with van der Waals surface area (Å²) >= 11 is 2.09. The van der Waals surface area contributed by atoms with Crippen LogP contribution >= 0.6 is 22.6 Å². The van der Waals surface area contributed by atoms with Gasteiger partial charge in [0.05, 0.1) is 9.77 Å². The Labute approximate surface area is 76.6 Å². The zero-order valence-electron chi connectivity index (χ0n) is 5.50. The normalized spacial score (nSPS) is 10.6. The Hall–Kier alpha value is -0.780. The maximum absolute atomic E-state index is 9.25. The first-order valence-electron chi connectivity index (χ1n) is 3.09. The molecule has 4 heteroatoms. The van der Waals surface area contributed by atoms with Gasteiger partial charge in [0.25, 0.3) is 0 Å². The lowest BCUT2D eigenvalue weighted by molar-refractivity contribution is 0.470. The van der Waals surface area contributed by atoms with E-state index in [9.17, 15) is 5.11 Å². The number of pyridine rings is 1. The number of aromatic amines is 1. The second-order valence-electron chi connectivity index (χ2n) is 2.20. The number of nitrogens with zero attached hydrogens (tertiary/aromatic N) is 1. The smallest absolute Gasteiger partial charge is 0.147 e. The van der Waals surface area contributed by atoms with Crippen molar-refractivity contribution in [3.8, 4) is 5.75 Å². The number of hydrogen-bond acceptors (Lipinski definition) is 2. The third-order valence-corrected chi connectivity index (χ3v) is 2.64. The van der Waals surface area contributed by atoms with Gasteiger partial charge in [-0.15, -0.1) is 0 Å². The molecule has 56 valence electrons. The van der Waals surface area contributed by atoms with Crippen LogP contribution in [0.25, 0.3) is 11.0 Å². The maximum Gasteiger partial charge on any atom is 0.147 e. The molecule has 0 aliphatic heterocycles. The Morgan fingerprint density at radius 1 is 1.55 bits per heavy atom. The van der Waals surface area contributed by atoms with Crippen molar-refractivity contribution in [2.75, 3.05) is 0 Å². The van der Waals surface area contributed by atoms with E-state index in [-0.39, 0.29) is 5.75 Å². The molecule has 2 rings (SSSR count). The van der Waals surface area contributed by atoms with Crippen molar-refractivity contribution in [2.45, 2.75) is 0 Å². The quantitative estimate of drug-likeness (QED) is 0.710. The Bertz CT molecular complexity index is 396. The van der Waals surface area contributed by atoms with Gasteiger partial charge in [0.1, 0.15) is 11.4 Å². The van der Waals surface area contributed by atoms with E-state index in [1.165, 1.54) is 6.20 Å². The summed E-state index contributed by atoms with van der Waals surface area (Å²) in [5.74, 6) is 0.234. The van der Waals surface area contributed by atoms with Gasteiger partial charge in [-0.25, -0.2) is 4.98 Å². The number of fused-ring (bicyclic) bond motifs is 1. The number of aromatic hydroxyl groups is 1. The molecule has 0 bridgehead atoms. The fourth-order valence-corrected chi connectivity index (χ4v) is 1.54. The van der Waals surface area contributed by atoms with Crippen LogP contribution in [0.3, 0.4) is 0 Å². The number of halogens is 1. The summed E-state index contributed by atoms with van der Waals surface area (Å²) in [5.41, 5.74) is 0.812. The Morgan fingerprint density at radius 2 is 2.36 bits per heavy atom. The average molecular weight is 260 g/mol. The predicted octanol–water partition coefficient (Wildman–Crippen LogP) is 1.87. The first-order chi connectivity index (χ1) is 5.29. The van der Waals surface area contributed by atoms with Crippen molar-refractivity contribution in [2.24, 2.45) is 0 Å². The monoisotopic (exact) mass is 260 g/mol. The first kappa shape index (κ1) is 6.90. The summed E-state index contributed by atoms with van der Waals surface area (Å²) in [6.07, 6.45) is 3.25. The van der Waals surface area contributed by atoms with Crippen LogP contribution in [0, 0.1) is 3.57 Å². The Balaban J connectivity index is 2.93. The highest BCUT2D eigenvalue weighted by molar-refractivity contribution is 14.1. The van der Waals surface area contributed by atoms with Crippen molar-refractivity contribution < 1.29 is 5.11 Å². The van der Waals surface area contributed by atoms with E-state index >= 15 is 0 Å². The molecule has 0 saturated carbocycles. The third kappa shape index (κ3) is 0.973. The lowest BCUT2D eigenvalue weighted by Gasteiger charge is -1.95. The van der Waals surface area contributed by atoms with Gasteiger partial charge in [-0.2, -0.15) is 0 Å². The zero-order valence-corrected chi connectivity index (χ0v) is 7.66. The number of H-pyrrole nitrogens is 1. The standard InChI is InChI=1S/C7H5IN2O/c8-6-4-1-2-9-7(4)10-3-5(6)11/h1-3,11H,(H,9,10). The SMILES string of the molecule is Oc1cnc2[nH]ccc2c1I. The second-order valence-corrected chi connectivity index (χ2v) is 3.28. The summed E-state index contributed by atoms with van der Waals surface area (Å²) in [5, 5.41) is 10.2. The van der Waals surface area contributed by atoms with Crippen LogP contribution in [0.2, 0.25) is 0 Å². The van der Waals surface area contributed by atoms with E-state index < -0.39 is 0 Å². The Kier molecular flexibility index (Phi) is 1.49. The molecule has 0 radical (unpaired) electrons. The molecule has 0 amide bonds. The van der Waals surface area contributed by atoms with Gasteiger partial charge in [-0.1, -0.05) is 0 Å². The molecule has 0 spiro atoms. The third-order valence-electron chi connectivity index (χ3n) is 1.50. The predicted molar refractivity (Wildman–Crippen MR) is 50.5 cm³/mol. The van der Waals surface area contributed by atoms with Gasteiger partial charge in [0, 0.05) is 11.6 Å². The molecule has 2 N–H and O–H groups in total. The molecule has 0 aliphatic rings. The molecule has 2 aromatic heterocycles. The van der Waals surface area contributed by atoms with Crippen molar-refractivity contribution >= 4 is 33.6 Å². The van der Waals surface area contributed by atoms with Crippen molar-refractivity contribution in [1.29, 1.82) is 0 Å². The molecule has 11 heavy (non-hydrogen) atoms. The minimum atomic E-state index is 0.234. The number of nitrogens with one attached hydrogen (secondary N) is 1. The van der Waals surface area contributed by atoms with E-state index in [0.717, 1.165) is 14.6 Å². The van der Waals surface area contributed by atoms with E-state index in [0.29, 0.717) is 0 Å². The minimum Gasteiger partial charge on any atom is -0.505 e. The van der Waals surface area contributed by atoms with Crippen molar-refractivity contribution in [3.63, 3.8) is 0 Å². The van der Waals surface area contributed by atoms with Gasteiger partial charge >= 0.3 is 0 Å². The fraction of sp³-hybridized carbons (Fsp3) is 0. The Morgan fingerprint density at radius 3 is 3.18 bits per heavy atom. The van der Waals surface area contributed by atoms with E-state index in [1.54, 1.807) is 6.20 Å². The van der Waals surface area contributed by atoms with Gasteiger partial charge in [-0.05, 0) is 28.7 Å². The molecule has 2 heterocycles. The molecule has 2 aromatic rings. The maximum atomic E-state index is 9.25. The van der Waals surface area contributed by atoms with Gasteiger partial charge in [0.2, 0.25) is 0 Å². The van der Waals surface area contributed by atoms with Crippen LogP contribution in [0.5, 0.6) is 5.75 Å². The van der Waals surface area contributed by atoms with E-state index in [2.05, 4.69) is 32.6 Å². The molecular formula is C7H5IN2O. The van der Waals surface area contributed by atoms with Crippen molar-refractivity contribution in [3.05, 3.63) is 22.0 Å². The lowest BCUT2D eigenvalue weighted by Crippen LogP contribution is -1.79. The molecule has 0 saturated heterocycles. The molecule has 3 nitrogen and oxygen atoms in total. The van der Waals surface area contributed by atoms with E-state index in [4.69, 9.17) is 0 Å². The van der Waals surface area contributed by atoms with Crippen LogP contribution in [0.15, 0.2) is 18.5 Å². The topological polar surface area (TPSA) is 48.9 Å². The zero-order chi connectivity index (χ0) is 7.84. The average Bonchev–Trinajstić information content (AvgIpc) is 2.45. The van der Waals surface area contributed by atoms with Crippen LogP contribution < -0.4 is 0 Å². The summed E-state index contributed by atoms with van der Waals surface area (Å²) in [4.78, 5) is 6.95. The van der Waals surface area contributed by atoms with Gasteiger partial charge < -0.3 is 10.1 Å². The number of rotatable bonds is 0. The highest BCUT2D eigenvalue weighted by atomic mass is 127. The van der Waals surface area contributed by atoms with Crippen LogP contribution in [-0.4, -0.2) is 15.1 Å². The highest BCUT2D eigenvalue weighted by Crippen LogP contribution is 2.25. The molecular weight excluding hydrogens is 255 g/mol. The molecule has 0 atom stereocenters. The van der Waals surface area contributed by atoms with E-state index in [1.807, 2.05) is 6.07 Å². The van der Waals surface area contributed by atoms with Gasteiger partial charge in [0.15, 0.2) is 0 Å². The first-order valence-corrected chi connectivity index (χ1v) is 4.17. The summed E-state index contributed by atoms with van der Waals surface area (Å²) in [6, 6.07) is 1.89. The number of aromatic nitrogens is 2. The molecule has 0 aliphatic carbocycles.